The molecule has 2 bridgehead atoms. The Kier molecular flexibility index (Phi) is 5.03. The van der Waals surface area contributed by atoms with E-state index in [0.29, 0.717) is 16.8 Å². The zero-order valence-electron chi connectivity index (χ0n) is 16.2. The number of rotatable bonds is 5. The maximum Gasteiger partial charge on any atom is 0.416 e. The van der Waals surface area contributed by atoms with Crippen LogP contribution in [0.3, 0.4) is 0 Å². The van der Waals surface area contributed by atoms with Crippen LogP contribution in [0.15, 0.2) is 29.1 Å². The van der Waals surface area contributed by atoms with Gasteiger partial charge in [0.25, 0.3) is 11.5 Å². The highest BCUT2D eigenvalue weighted by molar-refractivity contribution is 5.98. The monoisotopic (exact) mass is 436 g/mol. The van der Waals surface area contributed by atoms with Gasteiger partial charge in [-0.1, -0.05) is 12.1 Å². The number of carboxylic acid groups (broad SMARTS) is 1. The van der Waals surface area contributed by atoms with Gasteiger partial charge < -0.3 is 20.1 Å². The molecule has 1 heterocycles. The number of benzene rings is 1. The van der Waals surface area contributed by atoms with Crippen molar-refractivity contribution in [1.29, 1.82) is 0 Å². The van der Waals surface area contributed by atoms with Crippen molar-refractivity contribution in [2.75, 3.05) is 6.54 Å². The number of aromatic nitrogens is 1. The molecule has 0 spiro atoms. The molecule has 1 fully saturated rings. The first-order valence-corrected chi connectivity index (χ1v) is 9.73. The Labute approximate surface area is 174 Å². The Bertz CT molecular complexity index is 1120. The molecule has 1 amide bonds. The van der Waals surface area contributed by atoms with Crippen molar-refractivity contribution in [3.8, 4) is 5.75 Å². The van der Waals surface area contributed by atoms with Crippen molar-refractivity contribution < 1.29 is 33.0 Å². The fourth-order valence-corrected chi connectivity index (χ4v) is 4.67. The first-order valence-electron chi connectivity index (χ1n) is 9.73. The van der Waals surface area contributed by atoms with Crippen LogP contribution in [0.1, 0.15) is 63.8 Å². The zero-order valence-corrected chi connectivity index (χ0v) is 16.2. The standard InChI is InChI=1S/C21H19F3N2O5/c22-21(23,24)13-5-1-10(2-6-13)9-26-17-12-4-3-11(7-12)15(17)18(29)16(20(26)31)19(30)25-8-14(27)28/h1-2,5-6,11-12,29H,3-4,7-9H2,(H,25,30)(H,27,28). The largest absolute Gasteiger partial charge is 0.507 e. The number of carbonyl (C=O) groups excluding carboxylic acids is 1. The normalized spacial score (nSPS) is 19.3. The highest BCUT2D eigenvalue weighted by Crippen LogP contribution is 2.55. The van der Waals surface area contributed by atoms with Crippen molar-refractivity contribution in [2.24, 2.45) is 0 Å². The number of fused-ring (bicyclic) bond motifs is 5. The van der Waals surface area contributed by atoms with Gasteiger partial charge in [0.15, 0.2) is 0 Å². The smallest absolute Gasteiger partial charge is 0.416 e. The number of aromatic hydroxyl groups is 1. The minimum atomic E-state index is -4.48. The van der Waals surface area contributed by atoms with E-state index >= 15 is 0 Å². The molecule has 2 atom stereocenters. The van der Waals surface area contributed by atoms with E-state index in [-0.39, 0.29) is 18.4 Å². The van der Waals surface area contributed by atoms with E-state index < -0.39 is 47.0 Å². The lowest BCUT2D eigenvalue weighted by Gasteiger charge is -2.23. The summed E-state index contributed by atoms with van der Waals surface area (Å²) in [6.45, 7) is -0.790. The van der Waals surface area contributed by atoms with Gasteiger partial charge in [-0.15, -0.1) is 0 Å². The first-order chi connectivity index (χ1) is 14.6. The predicted octanol–water partition coefficient (Wildman–Crippen LogP) is 2.80. The lowest BCUT2D eigenvalue weighted by molar-refractivity contribution is -0.138. The number of nitrogens with zero attached hydrogens (tertiary/aromatic N) is 1. The molecule has 1 saturated carbocycles. The topological polar surface area (TPSA) is 109 Å². The van der Waals surface area contributed by atoms with Crippen LogP contribution in [-0.4, -0.2) is 33.2 Å². The van der Waals surface area contributed by atoms with Crippen LogP contribution in [0.25, 0.3) is 0 Å². The zero-order chi connectivity index (χ0) is 22.5. The van der Waals surface area contributed by atoms with E-state index in [1.807, 2.05) is 0 Å². The Hall–Kier alpha value is -3.30. The summed E-state index contributed by atoms with van der Waals surface area (Å²) in [5, 5.41) is 21.6. The molecule has 2 aliphatic rings. The summed E-state index contributed by atoms with van der Waals surface area (Å²) in [6, 6.07) is 4.39. The number of halogens is 3. The van der Waals surface area contributed by atoms with Gasteiger partial charge in [0.2, 0.25) is 0 Å². The van der Waals surface area contributed by atoms with Gasteiger partial charge in [0.1, 0.15) is 17.9 Å². The maximum absolute atomic E-state index is 13.2. The quantitative estimate of drug-likeness (QED) is 0.668. The molecular formula is C21H19F3N2O5. The van der Waals surface area contributed by atoms with Gasteiger partial charge in [0, 0.05) is 17.2 Å². The van der Waals surface area contributed by atoms with E-state index in [4.69, 9.17) is 5.11 Å². The molecule has 2 unspecified atom stereocenters. The van der Waals surface area contributed by atoms with Crippen molar-refractivity contribution in [2.45, 2.75) is 43.8 Å². The molecule has 0 aliphatic heterocycles. The molecule has 0 saturated heterocycles. The summed E-state index contributed by atoms with van der Waals surface area (Å²) in [7, 11) is 0. The molecule has 1 aromatic heterocycles. The van der Waals surface area contributed by atoms with E-state index in [9.17, 15) is 32.7 Å². The number of pyridine rings is 1. The number of hydrogen-bond acceptors (Lipinski definition) is 4. The minimum Gasteiger partial charge on any atom is -0.507 e. The second-order valence-corrected chi connectivity index (χ2v) is 7.89. The number of nitrogens with one attached hydrogen (secondary N) is 1. The number of alkyl halides is 3. The van der Waals surface area contributed by atoms with Crippen molar-refractivity contribution in [1.82, 2.24) is 9.88 Å². The predicted molar refractivity (Wildman–Crippen MR) is 102 cm³/mol. The third-order valence-electron chi connectivity index (χ3n) is 5.99. The fourth-order valence-electron chi connectivity index (χ4n) is 4.67. The van der Waals surface area contributed by atoms with Crippen molar-refractivity contribution >= 4 is 11.9 Å². The maximum atomic E-state index is 13.2. The Morgan fingerprint density at radius 2 is 1.77 bits per heavy atom. The van der Waals surface area contributed by atoms with Gasteiger partial charge in [-0.25, -0.2) is 0 Å². The van der Waals surface area contributed by atoms with E-state index in [0.717, 1.165) is 31.4 Å². The van der Waals surface area contributed by atoms with E-state index in [1.54, 1.807) is 0 Å². The molecule has 3 N–H and O–H groups in total. The van der Waals surface area contributed by atoms with E-state index in [1.165, 1.54) is 16.7 Å². The lowest BCUT2D eigenvalue weighted by Crippen LogP contribution is -2.37. The summed E-state index contributed by atoms with van der Waals surface area (Å²) in [4.78, 5) is 36.4. The van der Waals surface area contributed by atoms with Crippen molar-refractivity contribution in [3.05, 3.63) is 62.6 Å². The second kappa shape index (κ2) is 7.44. The first kappa shape index (κ1) is 21.0. The third kappa shape index (κ3) is 3.66. The second-order valence-electron chi connectivity index (χ2n) is 7.89. The minimum absolute atomic E-state index is 0.0178. The van der Waals surface area contributed by atoms with Crippen LogP contribution < -0.4 is 10.9 Å². The van der Waals surface area contributed by atoms with E-state index in [2.05, 4.69) is 5.32 Å². The summed E-state index contributed by atoms with van der Waals surface area (Å²) in [5.74, 6) is -2.75. The Balaban J connectivity index is 1.79. The number of hydrogen-bond donors (Lipinski definition) is 3. The number of carboxylic acids is 1. The third-order valence-corrected chi connectivity index (χ3v) is 5.99. The van der Waals surface area contributed by atoms with Gasteiger partial charge in [-0.3, -0.25) is 14.4 Å². The van der Waals surface area contributed by atoms with Crippen molar-refractivity contribution in [3.63, 3.8) is 0 Å². The average Bonchev–Trinajstić information content (AvgIpc) is 3.31. The van der Waals surface area contributed by atoms with Crippen LogP contribution >= 0.6 is 0 Å². The fraction of sp³-hybridized carbons (Fsp3) is 0.381. The van der Waals surface area contributed by atoms with Crippen LogP contribution in [0.2, 0.25) is 0 Å². The van der Waals surface area contributed by atoms with Gasteiger partial charge in [-0.05, 0) is 42.9 Å². The van der Waals surface area contributed by atoms with Gasteiger partial charge in [0.05, 0.1) is 12.1 Å². The van der Waals surface area contributed by atoms with Crippen LogP contribution in [0.5, 0.6) is 5.75 Å². The Morgan fingerprint density at radius 3 is 2.39 bits per heavy atom. The average molecular weight is 436 g/mol. The summed E-state index contributed by atoms with van der Waals surface area (Å²) < 4.78 is 39.8. The number of carbonyl (C=O) groups is 2. The molecule has 1 aromatic carbocycles. The molecular weight excluding hydrogens is 417 g/mol. The molecule has 0 radical (unpaired) electrons. The highest BCUT2D eigenvalue weighted by atomic mass is 19.4. The van der Waals surface area contributed by atoms with Gasteiger partial charge in [-0.2, -0.15) is 13.2 Å². The van der Waals surface area contributed by atoms with Crippen LogP contribution in [0, 0.1) is 0 Å². The molecule has 31 heavy (non-hydrogen) atoms. The molecule has 164 valence electrons. The summed E-state index contributed by atoms with van der Waals surface area (Å²) in [5.41, 5.74) is -0.613. The number of aliphatic carboxylic acids is 1. The summed E-state index contributed by atoms with van der Waals surface area (Å²) in [6.07, 6.45) is -2.16. The van der Waals surface area contributed by atoms with Crippen LogP contribution in [-0.2, 0) is 17.5 Å². The molecule has 7 nitrogen and oxygen atoms in total. The number of amides is 1. The Morgan fingerprint density at radius 1 is 1.13 bits per heavy atom. The van der Waals surface area contributed by atoms with Crippen LogP contribution in [0.4, 0.5) is 13.2 Å². The molecule has 4 rings (SSSR count). The highest BCUT2D eigenvalue weighted by Gasteiger charge is 2.43. The lowest BCUT2D eigenvalue weighted by atomic mass is 9.92. The molecule has 2 aromatic rings. The SMILES string of the molecule is O=C(O)CNC(=O)c1c(O)c2c(n(Cc3ccc(C(F)(F)F)cc3)c1=O)C1CCC2C1. The molecule has 2 aliphatic carbocycles. The van der Waals surface area contributed by atoms with Gasteiger partial charge >= 0.3 is 12.1 Å². The summed E-state index contributed by atoms with van der Waals surface area (Å²) >= 11 is 0. The molecule has 10 heteroatoms.